The van der Waals surface area contributed by atoms with Crippen LogP contribution < -0.4 is 5.73 Å². The highest BCUT2D eigenvalue weighted by atomic mass is 16.5. The molecule has 0 radical (unpaired) electrons. The van der Waals surface area contributed by atoms with Crippen LogP contribution in [0.5, 0.6) is 0 Å². The molecule has 0 bridgehead atoms. The fourth-order valence-electron chi connectivity index (χ4n) is 1.49. The minimum absolute atomic E-state index is 0.398. The summed E-state index contributed by atoms with van der Waals surface area (Å²) in [4.78, 5) is 11.3. The molecule has 1 aromatic carbocycles. The van der Waals surface area contributed by atoms with Crippen molar-refractivity contribution in [1.29, 1.82) is 0 Å². The zero-order valence-electron chi connectivity index (χ0n) is 8.77. The minimum atomic E-state index is -0.398. The molecule has 0 atom stereocenters. The summed E-state index contributed by atoms with van der Waals surface area (Å²) in [5, 5.41) is 0. The first-order valence-electron chi connectivity index (χ1n) is 4.73. The Morgan fingerprint density at radius 1 is 1.38 bits per heavy atom. The van der Waals surface area contributed by atoms with E-state index in [1.54, 1.807) is 30.7 Å². The van der Waals surface area contributed by atoms with E-state index in [-0.39, 0.29) is 0 Å². The second-order valence-electron chi connectivity index (χ2n) is 3.31. The molecule has 0 aliphatic rings. The highest BCUT2D eigenvalue weighted by Crippen LogP contribution is 2.27. The van der Waals surface area contributed by atoms with Gasteiger partial charge in [-0.3, -0.25) is 0 Å². The Kier molecular flexibility index (Phi) is 2.64. The Labute approximate surface area is 92.6 Å². The maximum absolute atomic E-state index is 11.3. The van der Waals surface area contributed by atoms with Gasteiger partial charge in [-0.15, -0.1) is 0 Å². The van der Waals surface area contributed by atoms with Crippen molar-refractivity contribution in [1.82, 2.24) is 0 Å². The lowest BCUT2D eigenvalue weighted by Crippen LogP contribution is -2.02. The fourth-order valence-corrected chi connectivity index (χ4v) is 1.49. The lowest BCUT2D eigenvalue weighted by molar-refractivity contribution is 0.0601. The summed E-state index contributed by atoms with van der Waals surface area (Å²) in [6, 6.07) is 6.84. The Hall–Kier alpha value is -2.23. The molecule has 2 rings (SSSR count). The number of ether oxygens (including phenoxy) is 1. The molecule has 0 amide bonds. The van der Waals surface area contributed by atoms with Crippen molar-refractivity contribution >= 4 is 11.7 Å². The van der Waals surface area contributed by atoms with Gasteiger partial charge in [0.2, 0.25) is 0 Å². The van der Waals surface area contributed by atoms with Crippen LogP contribution in [0.2, 0.25) is 0 Å². The molecule has 1 heterocycles. The van der Waals surface area contributed by atoms with Crippen LogP contribution in [0.3, 0.4) is 0 Å². The highest BCUT2D eigenvalue weighted by Gasteiger charge is 2.09. The molecule has 0 aliphatic heterocycles. The normalized spacial score (nSPS) is 10.1. The minimum Gasteiger partial charge on any atom is -0.472 e. The zero-order chi connectivity index (χ0) is 11.5. The molecule has 0 saturated carbocycles. The fraction of sp³-hybridized carbons (Fsp3) is 0.0833. The van der Waals surface area contributed by atoms with Crippen molar-refractivity contribution in [2.24, 2.45) is 0 Å². The summed E-state index contributed by atoms with van der Waals surface area (Å²) in [6.45, 7) is 0. The summed E-state index contributed by atoms with van der Waals surface area (Å²) in [7, 11) is 1.34. The first kappa shape index (κ1) is 10.3. The SMILES string of the molecule is COC(=O)c1ccc(-c2ccoc2)c(N)c1. The van der Waals surface area contributed by atoms with Gasteiger partial charge in [0.05, 0.1) is 25.2 Å². The van der Waals surface area contributed by atoms with Gasteiger partial charge in [0.15, 0.2) is 0 Å². The summed E-state index contributed by atoms with van der Waals surface area (Å²) >= 11 is 0. The van der Waals surface area contributed by atoms with Crippen molar-refractivity contribution in [3.63, 3.8) is 0 Å². The number of rotatable bonds is 2. The van der Waals surface area contributed by atoms with Crippen molar-refractivity contribution < 1.29 is 13.9 Å². The largest absolute Gasteiger partial charge is 0.472 e. The number of carbonyl (C=O) groups excluding carboxylic acids is 1. The third-order valence-corrected chi connectivity index (χ3v) is 2.30. The van der Waals surface area contributed by atoms with E-state index in [2.05, 4.69) is 4.74 Å². The van der Waals surface area contributed by atoms with Crippen LogP contribution in [-0.2, 0) is 4.74 Å². The van der Waals surface area contributed by atoms with Crippen LogP contribution >= 0.6 is 0 Å². The number of benzene rings is 1. The van der Waals surface area contributed by atoms with Crippen LogP contribution in [-0.4, -0.2) is 13.1 Å². The Morgan fingerprint density at radius 3 is 2.75 bits per heavy atom. The van der Waals surface area contributed by atoms with Gasteiger partial charge >= 0.3 is 5.97 Å². The van der Waals surface area contributed by atoms with Gasteiger partial charge in [-0.25, -0.2) is 4.79 Å². The zero-order valence-corrected chi connectivity index (χ0v) is 8.77. The van der Waals surface area contributed by atoms with Gasteiger partial charge < -0.3 is 14.9 Å². The summed E-state index contributed by atoms with van der Waals surface area (Å²) in [5.41, 5.74) is 8.53. The number of carbonyl (C=O) groups is 1. The molecule has 0 unspecified atom stereocenters. The Balaban J connectivity index is 2.41. The van der Waals surface area contributed by atoms with E-state index in [0.717, 1.165) is 11.1 Å². The molecule has 82 valence electrons. The van der Waals surface area contributed by atoms with E-state index in [0.29, 0.717) is 11.3 Å². The Morgan fingerprint density at radius 2 is 2.19 bits per heavy atom. The molecule has 1 aromatic heterocycles. The van der Waals surface area contributed by atoms with Crippen LogP contribution in [0, 0.1) is 0 Å². The summed E-state index contributed by atoms with van der Waals surface area (Å²) < 4.78 is 9.58. The van der Waals surface area contributed by atoms with Crippen LogP contribution in [0.1, 0.15) is 10.4 Å². The molecule has 0 aliphatic carbocycles. The molecule has 2 aromatic rings. The molecule has 0 fully saturated rings. The number of methoxy groups -OCH3 is 1. The van der Waals surface area contributed by atoms with Crippen molar-refractivity contribution in [3.8, 4) is 11.1 Å². The van der Waals surface area contributed by atoms with E-state index in [1.165, 1.54) is 7.11 Å². The molecular weight excluding hydrogens is 206 g/mol. The van der Waals surface area contributed by atoms with Crippen LogP contribution in [0.4, 0.5) is 5.69 Å². The predicted octanol–water partition coefficient (Wildman–Crippen LogP) is 2.32. The molecule has 0 spiro atoms. The second kappa shape index (κ2) is 4.10. The molecule has 0 saturated heterocycles. The number of hydrogen-bond donors (Lipinski definition) is 1. The van der Waals surface area contributed by atoms with Crippen LogP contribution in [0.15, 0.2) is 41.2 Å². The molecule has 4 nitrogen and oxygen atoms in total. The second-order valence-corrected chi connectivity index (χ2v) is 3.31. The van der Waals surface area contributed by atoms with Gasteiger partial charge in [0.1, 0.15) is 0 Å². The van der Waals surface area contributed by atoms with Gasteiger partial charge in [0, 0.05) is 16.8 Å². The predicted molar refractivity (Wildman–Crippen MR) is 59.9 cm³/mol. The molecular formula is C12H11NO3. The van der Waals surface area contributed by atoms with Crippen molar-refractivity contribution in [2.75, 3.05) is 12.8 Å². The van der Waals surface area contributed by atoms with E-state index in [4.69, 9.17) is 10.2 Å². The Bertz CT molecular complexity index is 503. The van der Waals surface area contributed by atoms with E-state index >= 15 is 0 Å². The van der Waals surface area contributed by atoms with Gasteiger partial charge in [0.25, 0.3) is 0 Å². The third kappa shape index (κ3) is 1.77. The number of furan rings is 1. The lowest BCUT2D eigenvalue weighted by atomic mass is 10.0. The van der Waals surface area contributed by atoms with E-state index in [1.807, 2.05) is 6.07 Å². The average Bonchev–Trinajstić information content (AvgIpc) is 2.81. The lowest BCUT2D eigenvalue weighted by Gasteiger charge is -2.05. The third-order valence-electron chi connectivity index (χ3n) is 2.30. The molecule has 2 N–H and O–H groups in total. The van der Waals surface area contributed by atoms with Crippen LogP contribution in [0.25, 0.3) is 11.1 Å². The van der Waals surface area contributed by atoms with E-state index < -0.39 is 5.97 Å². The summed E-state index contributed by atoms with van der Waals surface area (Å²) in [6.07, 6.45) is 3.17. The highest BCUT2D eigenvalue weighted by molar-refractivity contribution is 5.92. The first-order valence-corrected chi connectivity index (χ1v) is 4.73. The molecule has 4 heteroatoms. The smallest absolute Gasteiger partial charge is 0.337 e. The first-order chi connectivity index (χ1) is 7.72. The maximum Gasteiger partial charge on any atom is 0.337 e. The van der Waals surface area contributed by atoms with Crippen molar-refractivity contribution in [2.45, 2.75) is 0 Å². The standard InChI is InChI=1S/C12H11NO3/c1-15-12(14)8-2-3-10(11(13)6-8)9-4-5-16-7-9/h2-7H,13H2,1H3. The average molecular weight is 217 g/mol. The van der Waals surface area contributed by atoms with Gasteiger partial charge in [-0.05, 0) is 18.2 Å². The number of nitrogens with two attached hydrogens (primary N) is 1. The molecule has 16 heavy (non-hydrogen) atoms. The number of anilines is 1. The maximum atomic E-state index is 11.3. The quantitative estimate of drug-likeness (QED) is 0.619. The monoisotopic (exact) mass is 217 g/mol. The van der Waals surface area contributed by atoms with E-state index in [9.17, 15) is 4.79 Å². The van der Waals surface area contributed by atoms with Gasteiger partial charge in [-0.1, -0.05) is 6.07 Å². The van der Waals surface area contributed by atoms with Gasteiger partial charge in [-0.2, -0.15) is 0 Å². The summed E-state index contributed by atoms with van der Waals surface area (Å²) in [5.74, 6) is -0.398. The number of nitrogen functional groups attached to an aromatic ring is 1. The van der Waals surface area contributed by atoms with Crippen molar-refractivity contribution in [3.05, 3.63) is 42.4 Å². The topological polar surface area (TPSA) is 65.5 Å². The number of esters is 1. The number of hydrogen-bond acceptors (Lipinski definition) is 4.